The van der Waals surface area contributed by atoms with Crippen molar-refractivity contribution in [3.05, 3.63) is 23.4 Å². The first-order chi connectivity index (χ1) is 5.72. The molecule has 0 aromatic heterocycles. The summed E-state index contributed by atoms with van der Waals surface area (Å²) < 4.78 is 0. The molecular formula is C9H13NO2. The highest BCUT2D eigenvalue weighted by molar-refractivity contribution is 5.69. The number of carboxylic acids is 1. The molecule has 0 aromatic carbocycles. The molecule has 1 aliphatic carbocycles. The van der Waals surface area contributed by atoms with Gasteiger partial charge in [0.15, 0.2) is 0 Å². The van der Waals surface area contributed by atoms with Crippen molar-refractivity contribution in [2.24, 2.45) is 0 Å². The van der Waals surface area contributed by atoms with Crippen LogP contribution in [0.4, 0.5) is 0 Å². The number of nitrogens with one attached hydrogen (secondary N) is 1. The summed E-state index contributed by atoms with van der Waals surface area (Å²) in [4.78, 5) is 10.2. The molecule has 3 nitrogen and oxygen atoms in total. The van der Waals surface area contributed by atoms with Crippen LogP contribution in [0.3, 0.4) is 0 Å². The molecule has 0 saturated carbocycles. The van der Waals surface area contributed by atoms with E-state index in [1.807, 2.05) is 13.1 Å². The Morgan fingerprint density at radius 3 is 3.00 bits per heavy atom. The normalized spacial score (nSPS) is 19.4. The largest absolute Gasteiger partial charge is 0.481 e. The zero-order valence-electron chi connectivity index (χ0n) is 7.13. The van der Waals surface area contributed by atoms with E-state index in [-0.39, 0.29) is 6.42 Å². The summed E-state index contributed by atoms with van der Waals surface area (Å²) in [7, 11) is 1.88. The van der Waals surface area contributed by atoms with Gasteiger partial charge in [0.2, 0.25) is 0 Å². The lowest BCUT2D eigenvalue weighted by Crippen LogP contribution is -2.01. The lowest BCUT2D eigenvalue weighted by molar-refractivity contribution is -0.136. The highest BCUT2D eigenvalue weighted by Gasteiger charge is 2.07. The minimum absolute atomic E-state index is 0.128. The SMILES string of the molecule is CNC1=CC(=CCC(=O)O)CC1. The predicted octanol–water partition coefficient (Wildman–Crippen LogP) is 1.28. The number of carboxylic acid groups (broad SMARTS) is 1. The van der Waals surface area contributed by atoms with Gasteiger partial charge in [-0.3, -0.25) is 4.79 Å². The van der Waals surface area contributed by atoms with Crippen LogP contribution in [0.1, 0.15) is 19.3 Å². The van der Waals surface area contributed by atoms with Crippen LogP contribution < -0.4 is 5.32 Å². The molecule has 1 aliphatic rings. The zero-order valence-corrected chi connectivity index (χ0v) is 7.13. The van der Waals surface area contributed by atoms with Crippen LogP contribution in [-0.4, -0.2) is 18.1 Å². The van der Waals surface area contributed by atoms with Gasteiger partial charge < -0.3 is 10.4 Å². The van der Waals surface area contributed by atoms with Crippen molar-refractivity contribution in [3.8, 4) is 0 Å². The van der Waals surface area contributed by atoms with Crippen molar-refractivity contribution in [3.63, 3.8) is 0 Å². The predicted molar refractivity (Wildman–Crippen MR) is 46.7 cm³/mol. The van der Waals surface area contributed by atoms with Gasteiger partial charge in [0.1, 0.15) is 0 Å². The van der Waals surface area contributed by atoms with E-state index >= 15 is 0 Å². The average molecular weight is 167 g/mol. The topological polar surface area (TPSA) is 49.3 Å². The van der Waals surface area contributed by atoms with Crippen molar-refractivity contribution >= 4 is 5.97 Å². The maximum atomic E-state index is 10.2. The first-order valence-electron chi connectivity index (χ1n) is 4.01. The summed E-state index contributed by atoms with van der Waals surface area (Å²) in [5.74, 6) is -0.770. The highest BCUT2D eigenvalue weighted by Crippen LogP contribution is 2.21. The molecule has 3 heteroatoms. The average Bonchev–Trinajstić information content (AvgIpc) is 2.48. The summed E-state index contributed by atoms with van der Waals surface area (Å²) in [6.45, 7) is 0. The van der Waals surface area contributed by atoms with E-state index in [2.05, 4.69) is 5.32 Å². The Morgan fingerprint density at radius 2 is 2.50 bits per heavy atom. The van der Waals surface area contributed by atoms with Gasteiger partial charge in [0.05, 0.1) is 6.42 Å². The van der Waals surface area contributed by atoms with Crippen LogP contribution in [0, 0.1) is 0 Å². The van der Waals surface area contributed by atoms with Crippen molar-refractivity contribution < 1.29 is 9.90 Å². The molecule has 0 heterocycles. The van der Waals surface area contributed by atoms with Crippen molar-refractivity contribution in [2.45, 2.75) is 19.3 Å². The molecule has 1 rings (SSSR count). The fourth-order valence-electron chi connectivity index (χ4n) is 1.22. The second kappa shape index (κ2) is 3.95. The van der Waals surface area contributed by atoms with Crippen LogP contribution in [0.15, 0.2) is 23.4 Å². The molecule has 0 saturated heterocycles. The van der Waals surface area contributed by atoms with E-state index in [0.29, 0.717) is 0 Å². The number of rotatable bonds is 3. The number of hydrogen-bond acceptors (Lipinski definition) is 2. The smallest absolute Gasteiger partial charge is 0.307 e. The van der Waals surface area contributed by atoms with E-state index in [4.69, 9.17) is 5.11 Å². The zero-order chi connectivity index (χ0) is 8.97. The molecule has 0 aliphatic heterocycles. The van der Waals surface area contributed by atoms with Crippen molar-refractivity contribution in [1.29, 1.82) is 0 Å². The maximum absolute atomic E-state index is 10.2. The summed E-state index contributed by atoms with van der Waals surface area (Å²) >= 11 is 0. The van der Waals surface area contributed by atoms with Gasteiger partial charge in [0.25, 0.3) is 0 Å². The molecule has 0 spiro atoms. The highest BCUT2D eigenvalue weighted by atomic mass is 16.4. The third kappa shape index (κ3) is 2.42. The van der Waals surface area contributed by atoms with Crippen molar-refractivity contribution in [1.82, 2.24) is 5.32 Å². The minimum Gasteiger partial charge on any atom is -0.481 e. The van der Waals surface area contributed by atoms with Crippen LogP contribution in [0.2, 0.25) is 0 Å². The Labute approximate surface area is 71.8 Å². The molecule has 66 valence electrons. The summed E-state index contributed by atoms with van der Waals surface area (Å²) in [5.41, 5.74) is 2.31. The van der Waals surface area contributed by atoms with Crippen LogP contribution >= 0.6 is 0 Å². The molecule has 12 heavy (non-hydrogen) atoms. The summed E-state index contributed by atoms with van der Waals surface area (Å²) in [6.07, 6.45) is 5.88. The van der Waals surface area contributed by atoms with Gasteiger partial charge in [-0.15, -0.1) is 0 Å². The number of allylic oxidation sites excluding steroid dienone is 3. The Hall–Kier alpha value is -1.25. The van der Waals surface area contributed by atoms with Gasteiger partial charge in [-0.05, 0) is 24.5 Å². The third-order valence-corrected chi connectivity index (χ3v) is 1.90. The second-order valence-corrected chi connectivity index (χ2v) is 2.80. The van der Waals surface area contributed by atoms with E-state index in [0.717, 1.165) is 18.4 Å². The van der Waals surface area contributed by atoms with Crippen LogP contribution in [0.25, 0.3) is 0 Å². The maximum Gasteiger partial charge on any atom is 0.307 e. The first-order valence-corrected chi connectivity index (χ1v) is 4.01. The lowest BCUT2D eigenvalue weighted by atomic mass is 10.2. The molecule has 0 radical (unpaired) electrons. The fraction of sp³-hybridized carbons (Fsp3) is 0.444. The first kappa shape index (κ1) is 8.84. The number of hydrogen-bond donors (Lipinski definition) is 2. The standard InChI is InChI=1S/C9H13NO2/c1-10-8-4-2-7(6-8)3-5-9(11)12/h3,6,10H,2,4-5H2,1H3,(H,11,12). The fourth-order valence-corrected chi connectivity index (χ4v) is 1.22. The monoisotopic (exact) mass is 167 g/mol. The van der Waals surface area contributed by atoms with E-state index in [9.17, 15) is 4.79 Å². The molecule has 0 unspecified atom stereocenters. The van der Waals surface area contributed by atoms with Crippen LogP contribution in [-0.2, 0) is 4.79 Å². The number of carbonyl (C=O) groups is 1. The van der Waals surface area contributed by atoms with E-state index in [1.165, 1.54) is 5.70 Å². The van der Waals surface area contributed by atoms with E-state index < -0.39 is 5.97 Å². The van der Waals surface area contributed by atoms with Gasteiger partial charge in [-0.2, -0.15) is 0 Å². The second-order valence-electron chi connectivity index (χ2n) is 2.80. The molecule has 2 N–H and O–H groups in total. The molecule has 0 atom stereocenters. The summed E-state index contributed by atoms with van der Waals surface area (Å²) in [6, 6.07) is 0. The lowest BCUT2D eigenvalue weighted by Gasteiger charge is -1.94. The Kier molecular flexibility index (Phi) is 2.91. The number of aliphatic carboxylic acids is 1. The Morgan fingerprint density at radius 1 is 1.75 bits per heavy atom. The Bertz CT molecular complexity index is 241. The van der Waals surface area contributed by atoms with Gasteiger partial charge in [-0.1, -0.05) is 6.08 Å². The quantitative estimate of drug-likeness (QED) is 0.665. The summed E-state index contributed by atoms with van der Waals surface area (Å²) in [5, 5.41) is 11.5. The van der Waals surface area contributed by atoms with E-state index in [1.54, 1.807) is 6.08 Å². The minimum atomic E-state index is -0.770. The van der Waals surface area contributed by atoms with Gasteiger partial charge in [-0.25, -0.2) is 0 Å². The Balaban J connectivity index is 2.50. The molecule has 0 amide bonds. The molecule has 0 aromatic rings. The van der Waals surface area contributed by atoms with Gasteiger partial charge >= 0.3 is 5.97 Å². The molecule has 0 fully saturated rings. The van der Waals surface area contributed by atoms with Gasteiger partial charge in [0, 0.05) is 12.7 Å². The molecule has 0 bridgehead atoms. The third-order valence-electron chi connectivity index (χ3n) is 1.90. The van der Waals surface area contributed by atoms with Crippen molar-refractivity contribution in [2.75, 3.05) is 7.05 Å². The molecular weight excluding hydrogens is 154 g/mol. The van der Waals surface area contributed by atoms with Crippen LogP contribution in [0.5, 0.6) is 0 Å².